The highest BCUT2D eigenvalue weighted by atomic mass is 16.5. The van der Waals surface area contributed by atoms with E-state index in [1.54, 1.807) is 0 Å². The third kappa shape index (κ3) is 9.03. The van der Waals surface area contributed by atoms with Crippen molar-refractivity contribution in [2.75, 3.05) is 59.2 Å². The van der Waals surface area contributed by atoms with Crippen LogP contribution in [0.3, 0.4) is 0 Å². The normalized spacial score (nSPS) is 20.7. The Bertz CT molecular complexity index is 701. The summed E-state index contributed by atoms with van der Waals surface area (Å²) in [6.07, 6.45) is 2.23. The number of nitrogens with one attached hydrogen (secondary N) is 2. The summed E-state index contributed by atoms with van der Waals surface area (Å²) < 4.78 is 16.8. The van der Waals surface area contributed by atoms with E-state index in [1.807, 2.05) is 13.8 Å². The molecule has 1 atom stereocenters. The largest absolute Gasteiger partial charge is 0.387 e. The van der Waals surface area contributed by atoms with Crippen molar-refractivity contribution < 1.29 is 19.3 Å². The number of morpholine rings is 1. The van der Waals surface area contributed by atoms with Crippen LogP contribution in [0.25, 0.3) is 0 Å². The van der Waals surface area contributed by atoms with Gasteiger partial charge in [0.2, 0.25) is 0 Å². The highest BCUT2D eigenvalue weighted by Gasteiger charge is 2.25. The minimum atomic E-state index is -0.852. The summed E-state index contributed by atoms with van der Waals surface area (Å²) in [5, 5.41) is 17.4. The number of aliphatic imine (C=N–C) groups is 1. The fourth-order valence-corrected chi connectivity index (χ4v) is 3.96. The highest BCUT2D eigenvalue weighted by Crippen LogP contribution is 2.15. The van der Waals surface area contributed by atoms with Gasteiger partial charge < -0.3 is 30.0 Å². The minimum absolute atomic E-state index is 0.292. The number of hydrogen-bond acceptors (Lipinski definition) is 6. The summed E-state index contributed by atoms with van der Waals surface area (Å²) in [6.45, 7) is 11.6. The molecule has 0 aliphatic carbocycles. The Hall–Kier alpha value is -1.71. The zero-order valence-electron chi connectivity index (χ0n) is 19.6. The molecule has 1 aromatic rings. The van der Waals surface area contributed by atoms with Gasteiger partial charge in [0.25, 0.3) is 0 Å². The van der Waals surface area contributed by atoms with Crippen LogP contribution >= 0.6 is 0 Å². The summed E-state index contributed by atoms with van der Waals surface area (Å²) in [5.74, 6) is 0.707. The first-order valence-corrected chi connectivity index (χ1v) is 11.9. The average Bonchev–Trinajstić information content (AvgIpc) is 2.81. The van der Waals surface area contributed by atoms with Crippen molar-refractivity contribution in [1.82, 2.24) is 15.5 Å². The molecular formula is C24H40N4O4. The Morgan fingerprint density at radius 1 is 1.16 bits per heavy atom. The van der Waals surface area contributed by atoms with Crippen LogP contribution in [0.1, 0.15) is 37.8 Å². The highest BCUT2D eigenvalue weighted by molar-refractivity contribution is 5.79. The summed E-state index contributed by atoms with van der Waals surface area (Å²) >= 11 is 0. The fraction of sp³-hybridized carbons (Fsp3) is 0.708. The Kier molecular flexibility index (Phi) is 10.2. The molecular weight excluding hydrogens is 408 g/mol. The van der Waals surface area contributed by atoms with Gasteiger partial charge in [-0.15, -0.1) is 0 Å². The number of rotatable bonds is 10. The van der Waals surface area contributed by atoms with Crippen molar-refractivity contribution in [1.29, 1.82) is 0 Å². The number of guanidine groups is 1. The number of benzene rings is 1. The van der Waals surface area contributed by atoms with Crippen molar-refractivity contribution >= 4 is 5.96 Å². The van der Waals surface area contributed by atoms with Gasteiger partial charge in [-0.05, 0) is 37.8 Å². The smallest absolute Gasteiger partial charge is 0.191 e. The molecule has 2 aliphatic rings. The van der Waals surface area contributed by atoms with Gasteiger partial charge in [0.1, 0.15) is 0 Å². The SMILES string of the molecule is CCNC(=NCc1cccc(COC2CCOCC2)c1)NCC(C)(O)CN1CCOCC1. The zero-order valence-corrected chi connectivity index (χ0v) is 19.6. The van der Waals surface area contributed by atoms with Gasteiger partial charge in [0.05, 0.1) is 38.1 Å². The molecule has 2 saturated heterocycles. The molecule has 2 aliphatic heterocycles. The van der Waals surface area contributed by atoms with Crippen LogP contribution in [0.2, 0.25) is 0 Å². The van der Waals surface area contributed by atoms with Crippen LogP contribution < -0.4 is 10.6 Å². The lowest BCUT2D eigenvalue weighted by atomic mass is 10.1. The van der Waals surface area contributed by atoms with Gasteiger partial charge in [-0.25, -0.2) is 4.99 Å². The molecule has 1 aromatic carbocycles. The van der Waals surface area contributed by atoms with Gasteiger partial charge in [0.15, 0.2) is 5.96 Å². The van der Waals surface area contributed by atoms with E-state index in [1.165, 1.54) is 0 Å². The molecule has 3 N–H and O–H groups in total. The molecule has 180 valence electrons. The number of aliphatic hydroxyl groups is 1. The molecule has 8 heteroatoms. The van der Waals surface area contributed by atoms with E-state index in [9.17, 15) is 5.11 Å². The van der Waals surface area contributed by atoms with E-state index >= 15 is 0 Å². The van der Waals surface area contributed by atoms with Gasteiger partial charge in [-0.2, -0.15) is 0 Å². The molecule has 3 rings (SSSR count). The van der Waals surface area contributed by atoms with Crippen LogP contribution in [0.15, 0.2) is 29.3 Å². The van der Waals surface area contributed by atoms with Gasteiger partial charge in [0, 0.05) is 45.9 Å². The summed E-state index contributed by atoms with van der Waals surface area (Å²) in [5.41, 5.74) is 1.44. The first kappa shape index (κ1) is 24.9. The zero-order chi connectivity index (χ0) is 22.7. The number of β-amino-alcohol motifs (C(OH)–C–C–N with tert-alkyl or cyclic N) is 1. The number of hydrogen-bond donors (Lipinski definition) is 3. The lowest BCUT2D eigenvalue weighted by molar-refractivity contribution is -0.0390. The van der Waals surface area contributed by atoms with E-state index in [0.717, 1.165) is 70.0 Å². The second kappa shape index (κ2) is 13.1. The van der Waals surface area contributed by atoms with Crippen LogP contribution in [0.4, 0.5) is 0 Å². The quantitative estimate of drug-likeness (QED) is 0.370. The standard InChI is InChI=1S/C24H40N4O4/c1-3-25-23(27-18-24(2,29)19-28-9-13-31-14-10-28)26-16-20-5-4-6-21(15-20)17-32-22-7-11-30-12-8-22/h4-6,15,22,29H,3,7-14,16-19H2,1-2H3,(H2,25,26,27). The van der Waals surface area contributed by atoms with Crippen molar-refractivity contribution in [3.8, 4) is 0 Å². The van der Waals surface area contributed by atoms with Crippen molar-refractivity contribution in [3.63, 3.8) is 0 Å². The average molecular weight is 449 g/mol. The van der Waals surface area contributed by atoms with Gasteiger partial charge >= 0.3 is 0 Å². The molecule has 0 saturated carbocycles. The van der Waals surface area contributed by atoms with Crippen LogP contribution in [0.5, 0.6) is 0 Å². The minimum Gasteiger partial charge on any atom is -0.387 e. The maximum atomic E-state index is 10.8. The summed E-state index contributed by atoms with van der Waals surface area (Å²) in [6, 6.07) is 8.39. The van der Waals surface area contributed by atoms with Crippen molar-refractivity contribution in [2.45, 2.75) is 51.5 Å². The number of ether oxygens (including phenoxy) is 3. The van der Waals surface area contributed by atoms with E-state index in [0.29, 0.717) is 38.3 Å². The molecule has 8 nitrogen and oxygen atoms in total. The maximum absolute atomic E-state index is 10.8. The second-order valence-corrected chi connectivity index (χ2v) is 8.88. The maximum Gasteiger partial charge on any atom is 0.191 e. The molecule has 2 fully saturated rings. The molecule has 0 spiro atoms. The van der Waals surface area contributed by atoms with E-state index in [2.05, 4.69) is 39.8 Å². The molecule has 1 unspecified atom stereocenters. The first-order chi connectivity index (χ1) is 15.5. The van der Waals surface area contributed by atoms with E-state index < -0.39 is 5.60 Å². The van der Waals surface area contributed by atoms with Crippen LogP contribution in [-0.4, -0.2) is 86.8 Å². The summed E-state index contributed by atoms with van der Waals surface area (Å²) in [7, 11) is 0. The van der Waals surface area contributed by atoms with E-state index in [-0.39, 0.29) is 0 Å². The van der Waals surface area contributed by atoms with E-state index in [4.69, 9.17) is 19.2 Å². The molecule has 0 bridgehead atoms. The van der Waals surface area contributed by atoms with Crippen LogP contribution in [0, 0.1) is 0 Å². The van der Waals surface area contributed by atoms with Crippen molar-refractivity contribution in [3.05, 3.63) is 35.4 Å². The van der Waals surface area contributed by atoms with Crippen LogP contribution in [-0.2, 0) is 27.4 Å². The predicted molar refractivity (Wildman–Crippen MR) is 126 cm³/mol. The Morgan fingerprint density at radius 3 is 2.62 bits per heavy atom. The van der Waals surface area contributed by atoms with Crippen molar-refractivity contribution in [2.24, 2.45) is 4.99 Å². The molecule has 0 amide bonds. The first-order valence-electron chi connectivity index (χ1n) is 11.9. The Labute approximate surface area is 192 Å². The molecule has 32 heavy (non-hydrogen) atoms. The third-order valence-corrected chi connectivity index (χ3v) is 5.71. The molecule has 0 aromatic heterocycles. The molecule has 2 heterocycles. The predicted octanol–water partition coefficient (Wildman–Crippen LogP) is 1.52. The van der Waals surface area contributed by atoms with Gasteiger partial charge in [-0.3, -0.25) is 4.90 Å². The number of nitrogens with zero attached hydrogens (tertiary/aromatic N) is 2. The lowest BCUT2D eigenvalue weighted by Crippen LogP contribution is -2.52. The lowest BCUT2D eigenvalue weighted by Gasteiger charge is -2.34. The molecule has 0 radical (unpaired) electrons. The third-order valence-electron chi connectivity index (χ3n) is 5.71. The Morgan fingerprint density at radius 2 is 1.88 bits per heavy atom. The summed E-state index contributed by atoms with van der Waals surface area (Å²) in [4.78, 5) is 6.96. The fourth-order valence-electron chi connectivity index (χ4n) is 3.96. The Balaban J connectivity index is 1.49. The second-order valence-electron chi connectivity index (χ2n) is 8.88. The monoisotopic (exact) mass is 448 g/mol. The van der Waals surface area contributed by atoms with Gasteiger partial charge in [-0.1, -0.05) is 24.3 Å². The topological polar surface area (TPSA) is 87.6 Å².